The van der Waals surface area contributed by atoms with Gasteiger partial charge in [0.15, 0.2) is 0 Å². The van der Waals surface area contributed by atoms with Crippen molar-refractivity contribution in [3.05, 3.63) is 32.6 Å². The Labute approximate surface area is 96.7 Å². The second-order valence-corrected chi connectivity index (χ2v) is 3.53. The number of hydrogen-bond acceptors (Lipinski definition) is 4. The molecule has 1 aromatic heterocycles. The van der Waals surface area contributed by atoms with E-state index >= 15 is 0 Å². The standard InChI is InChI=1S/C10H14N2O5/c1-3-17-6(2)4-12-5-7(9(14)15)8(13)11-10(12)16/h5-6H,3-4H2,1-2H3,(H,14,15)(H,11,13,16). The van der Waals surface area contributed by atoms with Gasteiger partial charge in [0.25, 0.3) is 5.56 Å². The lowest BCUT2D eigenvalue weighted by Crippen LogP contribution is -2.35. The SMILES string of the molecule is CCOC(C)Cn1cc(C(=O)O)c(=O)[nH]c1=O. The third kappa shape index (κ3) is 3.28. The number of aromatic carboxylic acids is 1. The minimum absolute atomic E-state index is 0.184. The summed E-state index contributed by atoms with van der Waals surface area (Å²) < 4.78 is 6.35. The Morgan fingerprint density at radius 1 is 1.59 bits per heavy atom. The fourth-order valence-corrected chi connectivity index (χ4v) is 1.41. The number of carboxylic acids is 1. The van der Waals surface area contributed by atoms with E-state index in [0.717, 1.165) is 10.8 Å². The molecule has 1 unspecified atom stereocenters. The lowest BCUT2D eigenvalue weighted by atomic mass is 10.3. The summed E-state index contributed by atoms with van der Waals surface area (Å²) in [6, 6.07) is 0. The Kier molecular flexibility index (Phi) is 4.22. The molecule has 7 nitrogen and oxygen atoms in total. The van der Waals surface area contributed by atoms with Crippen LogP contribution in [0.15, 0.2) is 15.8 Å². The quantitative estimate of drug-likeness (QED) is 0.735. The van der Waals surface area contributed by atoms with Crippen LogP contribution in [0.1, 0.15) is 24.2 Å². The molecule has 0 spiro atoms. The van der Waals surface area contributed by atoms with Crippen LogP contribution < -0.4 is 11.2 Å². The van der Waals surface area contributed by atoms with Crippen LogP contribution in [0.4, 0.5) is 0 Å². The van der Waals surface area contributed by atoms with E-state index in [1.165, 1.54) is 0 Å². The van der Waals surface area contributed by atoms with Crippen LogP contribution in [0, 0.1) is 0 Å². The van der Waals surface area contributed by atoms with Crippen molar-refractivity contribution < 1.29 is 14.6 Å². The molecule has 0 aliphatic rings. The van der Waals surface area contributed by atoms with Crippen molar-refractivity contribution in [2.75, 3.05) is 6.61 Å². The first-order valence-electron chi connectivity index (χ1n) is 5.14. The number of nitrogens with zero attached hydrogens (tertiary/aromatic N) is 1. The van der Waals surface area contributed by atoms with Crippen molar-refractivity contribution in [2.24, 2.45) is 0 Å². The van der Waals surface area contributed by atoms with Gasteiger partial charge in [-0.05, 0) is 13.8 Å². The van der Waals surface area contributed by atoms with Gasteiger partial charge in [-0.2, -0.15) is 0 Å². The Morgan fingerprint density at radius 2 is 2.24 bits per heavy atom. The van der Waals surface area contributed by atoms with E-state index in [-0.39, 0.29) is 12.6 Å². The van der Waals surface area contributed by atoms with Gasteiger partial charge in [0.1, 0.15) is 5.56 Å². The summed E-state index contributed by atoms with van der Waals surface area (Å²) in [6.45, 7) is 4.24. The number of aromatic nitrogens is 2. The van der Waals surface area contributed by atoms with Crippen LogP contribution in [-0.2, 0) is 11.3 Å². The molecule has 0 aromatic carbocycles. The molecule has 7 heteroatoms. The molecule has 1 rings (SSSR count). The van der Waals surface area contributed by atoms with E-state index in [4.69, 9.17) is 9.84 Å². The summed E-state index contributed by atoms with van der Waals surface area (Å²) in [5, 5.41) is 8.75. The molecule has 0 fully saturated rings. The molecule has 0 aliphatic heterocycles. The van der Waals surface area contributed by atoms with Gasteiger partial charge < -0.3 is 9.84 Å². The number of aromatic amines is 1. The highest BCUT2D eigenvalue weighted by Crippen LogP contribution is 1.95. The molecule has 1 heterocycles. The van der Waals surface area contributed by atoms with E-state index in [0.29, 0.717) is 6.61 Å². The highest BCUT2D eigenvalue weighted by Gasteiger charge is 2.12. The largest absolute Gasteiger partial charge is 0.477 e. The Hall–Kier alpha value is -1.89. The van der Waals surface area contributed by atoms with Gasteiger partial charge in [-0.25, -0.2) is 9.59 Å². The number of H-pyrrole nitrogens is 1. The second kappa shape index (κ2) is 5.44. The monoisotopic (exact) mass is 242 g/mol. The number of rotatable bonds is 5. The van der Waals surface area contributed by atoms with Gasteiger partial charge >= 0.3 is 11.7 Å². The van der Waals surface area contributed by atoms with Gasteiger partial charge in [-0.3, -0.25) is 14.3 Å². The molecular weight excluding hydrogens is 228 g/mol. The summed E-state index contributed by atoms with van der Waals surface area (Å²) in [4.78, 5) is 35.3. The van der Waals surface area contributed by atoms with Crippen LogP contribution in [0.2, 0.25) is 0 Å². The Bertz CT molecular complexity index is 516. The molecule has 0 amide bonds. The van der Waals surface area contributed by atoms with E-state index < -0.39 is 22.8 Å². The van der Waals surface area contributed by atoms with Crippen LogP contribution in [0.3, 0.4) is 0 Å². The number of nitrogens with one attached hydrogen (secondary N) is 1. The molecule has 1 atom stereocenters. The molecule has 94 valence electrons. The molecule has 0 bridgehead atoms. The average molecular weight is 242 g/mol. The fourth-order valence-electron chi connectivity index (χ4n) is 1.41. The summed E-state index contributed by atoms with van der Waals surface area (Å²) in [6.07, 6.45) is 0.782. The van der Waals surface area contributed by atoms with Crippen molar-refractivity contribution in [3.63, 3.8) is 0 Å². The maximum atomic E-state index is 11.4. The third-order valence-electron chi connectivity index (χ3n) is 2.15. The predicted octanol–water partition coefficient (Wildman–Crippen LogP) is -0.340. The molecule has 2 N–H and O–H groups in total. The van der Waals surface area contributed by atoms with E-state index in [1.54, 1.807) is 6.92 Å². The minimum atomic E-state index is -1.37. The second-order valence-electron chi connectivity index (χ2n) is 3.53. The minimum Gasteiger partial charge on any atom is -0.477 e. The van der Waals surface area contributed by atoms with Gasteiger partial charge in [0.05, 0.1) is 12.6 Å². The lowest BCUT2D eigenvalue weighted by molar-refractivity contribution is 0.0619. The van der Waals surface area contributed by atoms with Gasteiger partial charge in [-0.1, -0.05) is 0 Å². The highest BCUT2D eigenvalue weighted by atomic mass is 16.5. The number of ether oxygens (including phenoxy) is 1. The molecule has 0 radical (unpaired) electrons. The molecular formula is C10H14N2O5. The smallest absolute Gasteiger partial charge is 0.342 e. The van der Waals surface area contributed by atoms with Gasteiger partial charge in [0.2, 0.25) is 0 Å². The Balaban J connectivity index is 3.08. The molecule has 0 saturated carbocycles. The lowest BCUT2D eigenvalue weighted by Gasteiger charge is -2.13. The van der Waals surface area contributed by atoms with Crippen molar-refractivity contribution in [1.82, 2.24) is 9.55 Å². The highest BCUT2D eigenvalue weighted by molar-refractivity contribution is 5.86. The first kappa shape index (κ1) is 13.2. The predicted molar refractivity (Wildman–Crippen MR) is 59.4 cm³/mol. The topological polar surface area (TPSA) is 101 Å². The third-order valence-corrected chi connectivity index (χ3v) is 2.15. The summed E-state index contributed by atoms with van der Waals surface area (Å²) in [7, 11) is 0. The van der Waals surface area contributed by atoms with Crippen LogP contribution in [0.5, 0.6) is 0 Å². The van der Waals surface area contributed by atoms with Crippen LogP contribution in [0.25, 0.3) is 0 Å². The zero-order valence-electron chi connectivity index (χ0n) is 9.60. The molecule has 0 aliphatic carbocycles. The summed E-state index contributed by atoms with van der Waals surface area (Å²) >= 11 is 0. The first-order valence-corrected chi connectivity index (χ1v) is 5.14. The summed E-state index contributed by atoms with van der Waals surface area (Å²) in [5.74, 6) is -1.37. The number of hydrogen-bond donors (Lipinski definition) is 2. The average Bonchev–Trinajstić information content (AvgIpc) is 2.21. The van der Waals surface area contributed by atoms with Crippen LogP contribution >= 0.6 is 0 Å². The number of carboxylic acid groups (broad SMARTS) is 1. The van der Waals surface area contributed by atoms with Gasteiger partial charge in [0, 0.05) is 12.8 Å². The zero-order chi connectivity index (χ0) is 13.0. The number of carbonyl (C=O) groups is 1. The van der Waals surface area contributed by atoms with Crippen molar-refractivity contribution in [3.8, 4) is 0 Å². The van der Waals surface area contributed by atoms with Crippen molar-refractivity contribution >= 4 is 5.97 Å². The Morgan fingerprint density at radius 3 is 2.76 bits per heavy atom. The molecule has 1 aromatic rings. The van der Waals surface area contributed by atoms with Crippen molar-refractivity contribution in [1.29, 1.82) is 0 Å². The maximum Gasteiger partial charge on any atom is 0.342 e. The molecule has 0 saturated heterocycles. The maximum absolute atomic E-state index is 11.4. The normalized spacial score (nSPS) is 12.4. The van der Waals surface area contributed by atoms with Crippen LogP contribution in [-0.4, -0.2) is 33.3 Å². The summed E-state index contributed by atoms with van der Waals surface area (Å²) in [5.41, 5.74) is -2.01. The van der Waals surface area contributed by atoms with E-state index in [9.17, 15) is 14.4 Å². The molecule has 17 heavy (non-hydrogen) atoms. The fraction of sp³-hybridized carbons (Fsp3) is 0.500. The van der Waals surface area contributed by atoms with Gasteiger partial charge in [-0.15, -0.1) is 0 Å². The van der Waals surface area contributed by atoms with E-state index in [1.807, 2.05) is 11.9 Å². The van der Waals surface area contributed by atoms with Crippen molar-refractivity contribution in [2.45, 2.75) is 26.5 Å². The van der Waals surface area contributed by atoms with E-state index in [2.05, 4.69) is 0 Å². The first-order chi connectivity index (χ1) is 7.95. The zero-order valence-corrected chi connectivity index (χ0v) is 9.60.